The largest absolute Gasteiger partial charge is 0.352 e. The summed E-state index contributed by atoms with van der Waals surface area (Å²) >= 11 is 3.09. The lowest BCUT2D eigenvalue weighted by Gasteiger charge is -2.13. The van der Waals surface area contributed by atoms with Gasteiger partial charge in [-0.15, -0.1) is 0 Å². The normalized spacial score (nSPS) is 16.3. The lowest BCUT2D eigenvalue weighted by atomic mass is 10.3. The molecule has 1 amide bonds. The fourth-order valence-corrected chi connectivity index (χ4v) is 1.98. The molecule has 0 saturated carbocycles. The van der Waals surface area contributed by atoms with E-state index in [4.69, 9.17) is 0 Å². The number of nitrogens with one attached hydrogen (secondary N) is 1. The van der Waals surface area contributed by atoms with Crippen LogP contribution < -0.4 is 5.32 Å². The molecule has 0 radical (unpaired) electrons. The molecule has 2 unspecified atom stereocenters. The number of hydrogen-bond donors (Lipinski definition) is 1. The molecule has 0 aromatic heterocycles. The maximum absolute atomic E-state index is 11.1. The van der Waals surface area contributed by atoms with E-state index in [9.17, 15) is 13.2 Å². The van der Waals surface area contributed by atoms with Gasteiger partial charge in [-0.05, 0) is 13.8 Å². The SMILES string of the molecule is CC(CS(C)(=O)=O)NC(=O)C(C)Br. The molecule has 0 aromatic carbocycles. The minimum absolute atomic E-state index is 0.0293. The number of carbonyl (C=O) groups is 1. The molecular weight excluding hydrogens is 258 g/mol. The van der Waals surface area contributed by atoms with E-state index in [0.29, 0.717) is 0 Å². The predicted octanol–water partition coefficient (Wildman–Crippen LogP) is 0.319. The van der Waals surface area contributed by atoms with Gasteiger partial charge in [-0.2, -0.15) is 0 Å². The topological polar surface area (TPSA) is 63.2 Å². The zero-order chi connectivity index (χ0) is 10.6. The van der Waals surface area contributed by atoms with Crippen LogP contribution in [0.4, 0.5) is 0 Å². The maximum atomic E-state index is 11.1. The first kappa shape index (κ1) is 12.9. The summed E-state index contributed by atoms with van der Waals surface area (Å²) in [6, 6.07) is -0.345. The van der Waals surface area contributed by atoms with Crippen LogP contribution in [0, 0.1) is 0 Å². The van der Waals surface area contributed by atoms with Gasteiger partial charge in [-0.3, -0.25) is 4.79 Å². The second-order valence-corrected chi connectivity index (χ2v) is 6.68. The molecule has 0 spiro atoms. The lowest BCUT2D eigenvalue weighted by molar-refractivity contribution is -0.120. The van der Waals surface area contributed by atoms with Crippen molar-refractivity contribution < 1.29 is 13.2 Å². The molecule has 1 N–H and O–H groups in total. The molecule has 2 atom stereocenters. The molecular formula is C7H14BrNO3S. The standard InChI is InChI=1S/C7H14BrNO3S/c1-5(4-13(3,11)12)9-7(10)6(2)8/h5-6H,4H2,1-3H3,(H,9,10). The van der Waals surface area contributed by atoms with E-state index >= 15 is 0 Å². The molecule has 0 aliphatic carbocycles. The molecule has 0 aliphatic heterocycles. The van der Waals surface area contributed by atoms with E-state index in [-0.39, 0.29) is 22.5 Å². The van der Waals surface area contributed by atoms with E-state index in [0.717, 1.165) is 6.26 Å². The summed E-state index contributed by atoms with van der Waals surface area (Å²) in [4.78, 5) is 10.8. The van der Waals surface area contributed by atoms with E-state index in [2.05, 4.69) is 21.2 Å². The fraction of sp³-hybridized carbons (Fsp3) is 0.857. The summed E-state index contributed by atoms with van der Waals surface area (Å²) in [5, 5.41) is 2.57. The van der Waals surface area contributed by atoms with E-state index in [1.54, 1.807) is 13.8 Å². The monoisotopic (exact) mass is 271 g/mol. The first-order valence-electron chi connectivity index (χ1n) is 3.84. The summed E-state index contributed by atoms with van der Waals surface area (Å²) in [5.74, 6) is -0.227. The Morgan fingerprint density at radius 3 is 2.23 bits per heavy atom. The third-order valence-electron chi connectivity index (χ3n) is 1.30. The number of carbonyl (C=O) groups excluding carboxylic acids is 1. The second kappa shape index (κ2) is 4.95. The molecule has 78 valence electrons. The van der Waals surface area contributed by atoms with Crippen LogP contribution in [0.1, 0.15) is 13.8 Å². The summed E-state index contributed by atoms with van der Waals surface area (Å²) in [6.45, 7) is 3.34. The Morgan fingerprint density at radius 1 is 1.46 bits per heavy atom. The first-order valence-corrected chi connectivity index (χ1v) is 6.82. The van der Waals surface area contributed by atoms with Crippen molar-refractivity contribution >= 4 is 31.7 Å². The molecule has 0 saturated heterocycles. The van der Waals surface area contributed by atoms with Crippen molar-refractivity contribution in [1.82, 2.24) is 5.32 Å². The molecule has 6 heteroatoms. The summed E-state index contributed by atoms with van der Waals surface area (Å²) < 4.78 is 21.7. The Labute approximate surface area is 87.1 Å². The lowest BCUT2D eigenvalue weighted by Crippen LogP contribution is -2.40. The highest BCUT2D eigenvalue weighted by atomic mass is 79.9. The van der Waals surface area contributed by atoms with Crippen LogP contribution in [-0.4, -0.2) is 37.2 Å². The molecule has 13 heavy (non-hydrogen) atoms. The highest BCUT2D eigenvalue weighted by Crippen LogP contribution is 1.98. The third-order valence-corrected chi connectivity index (χ3v) is 2.82. The third kappa shape index (κ3) is 7.01. The Kier molecular flexibility index (Phi) is 4.91. The average molecular weight is 272 g/mol. The van der Waals surface area contributed by atoms with Crippen LogP contribution >= 0.6 is 15.9 Å². The molecule has 0 rings (SSSR count). The smallest absolute Gasteiger partial charge is 0.233 e. The van der Waals surface area contributed by atoms with Crippen molar-refractivity contribution in [1.29, 1.82) is 0 Å². The fourth-order valence-electron chi connectivity index (χ4n) is 0.853. The molecule has 0 aromatic rings. The minimum Gasteiger partial charge on any atom is -0.352 e. The molecule has 0 fully saturated rings. The highest BCUT2D eigenvalue weighted by molar-refractivity contribution is 9.10. The van der Waals surface area contributed by atoms with E-state index in [1.165, 1.54) is 0 Å². The van der Waals surface area contributed by atoms with E-state index < -0.39 is 9.84 Å². The quantitative estimate of drug-likeness (QED) is 0.750. The molecule has 0 heterocycles. The van der Waals surface area contributed by atoms with Gasteiger partial charge in [0.05, 0.1) is 10.6 Å². The summed E-state index contributed by atoms with van der Waals surface area (Å²) in [7, 11) is -3.02. The Morgan fingerprint density at radius 2 is 1.92 bits per heavy atom. The van der Waals surface area contributed by atoms with Crippen LogP contribution in [0.2, 0.25) is 0 Å². The Balaban J connectivity index is 4.03. The highest BCUT2D eigenvalue weighted by Gasteiger charge is 2.15. The van der Waals surface area contributed by atoms with Crippen molar-refractivity contribution in [2.75, 3.05) is 12.0 Å². The van der Waals surface area contributed by atoms with Crippen LogP contribution in [0.3, 0.4) is 0 Å². The van der Waals surface area contributed by atoms with Gasteiger partial charge in [0.2, 0.25) is 5.91 Å². The predicted molar refractivity (Wildman–Crippen MR) is 55.7 cm³/mol. The van der Waals surface area contributed by atoms with Gasteiger partial charge in [0.25, 0.3) is 0 Å². The number of alkyl halides is 1. The van der Waals surface area contributed by atoms with Gasteiger partial charge in [-0.25, -0.2) is 8.42 Å². The van der Waals surface area contributed by atoms with Crippen molar-refractivity contribution in [3.63, 3.8) is 0 Å². The van der Waals surface area contributed by atoms with Gasteiger partial charge < -0.3 is 5.32 Å². The van der Waals surface area contributed by atoms with Gasteiger partial charge in [-0.1, -0.05) is 15.9 Å². The van der Waals surface area contributed by atoms with Gasteiger partial charge in [0.15, 0.2) is 0 Å². The second-order valence-electron chi connectivity index (χ2n) is 3.12. The van der Waals surface area contributed by atoms with Crippen LogP contribution in [0.5, 0.6) is 0 Å². The molecule has 0 aliphatic rings. The Bertz CT molecular complexity index is 273. The Hall–Kier alpha value is -0.100. The molecule has 0 bridgehead atoms. The van der Waals surface area contributed by atoms with Crippen LogP contribution in [-0.2, 0) is 14.6 Å². The van der Waals surface area contributed by atoms with Gasteiger partial charge in [0.1, 0.15) is 9.84 Å². The zero-order valence-corrected chi connectivity index (χ0v) is 10.3. The minimum atomic E-state index is -3.02. The average Bonchev–Trinajstić information content (AvgIpc) is 1.81. The van der Waals surface area contributed by atoms with Crippen LogP contribution in [0.25, 0.3) is 0 Å². The number of halogens is 1. The number of amides is 1. The summed E-state index contributed by atoms with van der Waals surface area (Å²) in [6.07, 6.45) is 1.15. The van der Waals surface area contributed by atoms with Crippen molar-refractivity contribution in [3.05, 3.63) is 0 Å². The number of hydrogen-bond acceptors (Lipinski definition) is 3. The van der Waals surface area contributed by atoms with Crippen molar-refractivity contribution in [2.24, 2.45) is 0 Å². The van der Waals surface area contributed by atoms with Crippen molar-refractivity contribution in [2.45, 2.75) is 24.7 Å². The maximum Gasteiger partial charge on any atom is 0.233 e. The number of sulfone groups is 1. The first-order chi connectivity index (χ1) is 5.72. The summed E-state index contributed by atoms with van der Waals surface area (Å²) in [5.41, 5.74) is 0. The molecule has 4 nitrogen and oxygen atoms in total. The van der Waals surface area contributed by atoms with E-state index in [1.807, 2.05) is 0 Å². The van der Waals surface area contributed by atoms with Crippen LogP contribution in [0.15, 0.2) is 0 Å². The van der Waals surface area contributed by atoms with Gasteiger partial charge >= 0.3 is 0 Å². The number of rotatable bonds is 4. The van der Waals surface area contributed by atoms with Gasteiger partial charge in [0, 0.05) is 12.3 Å². The van der Waals surface area contributed by atoms with Crippen molar-refractivity contribution in [3.8, 4) is 0 Å². The zero-order valence-electron chi connectivity index (χ0n) is 7.87.